The summed E-state index contributed by atoms with van der Waals surface area (Å²) in [6.45, 7) is 3.97. The molecule has 1 aromatic rings. The van der Waals surface area contributed by atoms with E-state index in [1.807, 2.05) is 0 Å². The molecule has 0 aromatic heterocycles. The first kappa shape index (κ1) is 21.7. The van der Waals surface area contributed by atoms with Crippen molar-refractivity contribution < 1.29 is 18.0 Å². The van der Waals surface area contributed by atoms with Crippen LogP contribution in [0.4, 0.5) is 5.69 Å². The van der Waals surface area contributed by atoms with Gasteiger partial charge in [0.15, 0.2) is 0 Å². The molecule has 9 heteroatoms. The number of hydrogen-bond acceptors (Lipinski definition) is 5. The normalized spacial score (nSPS) is 19.4. The number of nitrogens with zero attached hydrogens (tertiary/aromatic N) is 3. The number of sulfonamides is 1. The number of carbonyl (C=O) groups is 2. The summed E-state index contributed by atoms with van der Waals surface area (Å²) in [6.07, 6.45) is 3.14. The Labute approximate surface area is 172 Å². The number of fused-ring (bicyclic) bond motifs is 1. The lowest BCUT2D eigenvalue weighted by atomic mass is 10.2. The average molecular weight is 423 g/mol. The van der Waals surface area contributed by atoms with Gasteiger partial charge in [-0.3, -0.25) is 14.5 Å². The molecule has 1 unspecified atom stereocenters. The molecular weight excluding hydrogens is 392 g/mol. The molecule has 2 amide bonds. The van der Waals surface area contributed by atoms with E-state index in [0.29, 0.717) is 32.5 Å². The van der Waals surface area contributed by atoms with E-state index >= 15 is 0 Å². The summed E-state index contributed by atoms with van der Waals surface area (Å²) in [4.78, 5) is 29.5. The van der Waals surface area contributed by atoms with E-state index in [4.69, 9.17) is 0 Å². The standard InChI is InChI=1S/C20H30N4O4S/c1-15(25)24-13-9-16-14-17(7-8-18(16)24)29(27,28)21-10-5-12-23-11-4-6-19(23)20(26)22(2)3/h7-8,14,19,21H,4-6,9-13H2,1-3H3. The van der Waals surface area contributed by atoms with Crippen molar-refractivity contribution in [2.75, 3.05) is 45.2 Å². The van der Waals surface area contributed by atoms with Crippen molar-refractivity contribution in [3.8, 4) is 0 Å². The van der Waals surface area contributed by atoms with Gasteiger partial charge < -0.3 is 9.80 Å². The minimum atomic E-state index is -3.61. The molecule has 3 rings (SSSR count). The summed E-state index contributed by atoms with van der Waals surface area (Å²) in [6, 6.07) is 4.82. The van der Waals surface area contributed by atoms with Gasteiger partial charge in [0.2, 0.25) is 21.8 Å². The summed E-state index contributed by atoms with van der Waals surface area (Å²) in [5.41, 5.74) is 1.67. The lowest BCUT2D eigenvalue weighted by Gasteiger charge is -2.26. The van der Waals surface area contributed by atoms with Crippen molar-refractivity contribution >= 4 is 27.5 Å². The Hall–Kier alpha value is -1.97. The van der Waals surface area contributed by atoms with Crippen LogP contribution in [-0.2, 0) is 26.0 Å². The Morgan fingerprint density at radius 3 is 2.69 bits per heavy atom. The molecule has 8 nitrogen and oxygen atoms in total. The number of likely N-dealkylation sites (tertiary alicyclic amines) is 1. The highest BCUT2D eigenvalue weighted by atomic mass is 32.2. The minimum absolute atomic E-state index is 0.0366. The van der Waals surface area contributed by atoms with Gasteiger partial charge in [-0.1, -0.05) is 0 Å². The first-order valence-corrected chi connectivity index (χ1v) is 11.5. The van der Waals surface area contributed by atoms with Crippen LogP contribution in [-0.4, -0.2) is 76.3 Å². The third-order valence-corrected chi connectivity index (χ3v) is 7.10. The summed E-state index contributed by atoms with van der Waals surface area (Å²) in [5.74, 6) is 0.0753. The molecule has 0 spiro atoms. The van der Waals surface area contributed by atoms with Crippen molar-refractivity contribution in [1.82, 2.24) is 14.5 Å². The van der Waals surface area contributed by atoms with Crippen LogP contribution in [0.1, 0.15) is 31.7 Å². The predicted molar refractivity (Wildman–Crippen MR) is 111 cm³/mol. The molecule has 0 aliphatic carbocycles. The second-order valence-corrected chi connectivity index (χ2v) is 9.66. The molecule has 2 aliphatic rings. The third kappa shape index (κ3) is 4.79. The quantitative estimate of drug-likeness (QED) is 0.657. The van der Waals surface area contributed by atoms with Crippen molar-refractivity contribution in [3.63, 3.8) is 0 Å². The van der Waals surface area contributed by atoms with Gasteiger partial charge in [0.05, 0.1) is 10.9 Å². The largest absolute Gasteiger partial charge is 0.347 e. The zero-order valence-electron chi connectivity index (χ0n) is 17.3. The zero-order chi connectivity index (χ0) is 21.2. The number of likely N-dealkylation sites (N-methyl/N-ethyl adjacent to an activating group) is 1. The SMILES string of the molecule is CC(=O)N1CCc2cc(S(=O)(=O)NCCCN3CCCC3C(=O)N(C)C)ccc21. The van der Waals surface area contributed by atoms with Crippen LogP contribution in [0.2, 0.25) is 0 Å². The molecule has 160 valence electrons. The van der Waals surface area contributed by atoms with E-state index in [2.05, 4.69) is 9.62 Å². The van der Waals surface area contributed by atoms with Crippen LogP contribution >= 0.6 is 0 Å². The van der Waals surface area contributed by atoms with Crippen LogP contribution in [0.3, 0.4) is 0 Å². The summed E-state index contributed by atoms with van der Waals surface area (Å²) < 4.78 is 27.9. The molecule has 1 aromatic carbocycles. The van der Waals surface area contributed by atoms with Crippen LogP contribution in [0.5, 0.6) is 0 Å². The molecule has 1 fully saturated rings. The fourth-order valence-corrected chi connectivity index (χ4v) is 5.24. The number of nitrogens with one attached hydrogen (secondary N) is 1. The number of hydrogen-bond donors (Lipinski definition) is 1. The second kappa shape index (κ2) is 8.81. The number of amides is 2. The Balaban J connectivity index is 1.55. The van der Waals surface area contributed by atoms with Gasteiger partial charge in [0, 0.05) is 46.3 Å². The Morgan fingerprint density at radius 1 is 1.24 bits per heavy atom. The maximum absolute atomic E-state index is 12.6. The van der Waals surface area contributed by atoms with E-state index in [9.17, 15) is 18.0 Å². The molecular formula is C20H30N4O4S. The topological polar surface area (TPSA) is 90.0 Å². The van der Waals surface area contributed by atoms with Gasteiger partial charge >= 0.3 is 0 Å². The summed E-state index contributed by atoms with van der Waals surface area (Å²) in [7, 11) is -0.0796. The lowest BCUT2D eigenvalue weighted by Crippen LogP contribution is -2.43. The van der Waals surface area contributed by atoms with Crippen molar-refractivity contribution in [3.05, 3.63) is 23.8 Å². The fraction of sp³-hybridized carbons (Fsp3) is 0.600. The molecule has 1 atom stereocenters. The molecule has 1 saturated heterocycles. The average Bonchev–Trinajstić information content (AvgIpc) is 3.30. The van der Waals surface area contributed by atoms with E-state index in [1.54, 1.807) is 42.1 Å². The van der Waals surface area contributed by atoms with E-state index < -0.39 is 10.0 Å². The van der Waals surface area contributed by atoms with Crippen LogP contribution < -0.4 is 9.62 Å². The molecule has 0 radical (unpaired) electrons. The fourth-order valence-electron chi connectivity index (χ4n) is 4.12. The predicted octanol–water partition coefficient (Wildman–Crippen LogP) is 0.817. The van der Waals surface area contributed by atoms with Crippen LogP contribution in [0.15, 0.2) is 23.1 Å². The highest BCUT2D eigenvalue weighted by Crippen LogP contribution is 2.30. The monoisotopic (exact) mass is 422 g/mol. The minimum Gasteiger partial charge on any atom is -0.347 e. The Morgan fingerprint density at radius 2 is 2.00 bits per heavy atom. The van der Waals surface area contributed by atoms with Gasteiger partial charge in [-0.25, -0.2) is 13.1 Å². The summed E-state index contributed by atoms with van der Waals surface area (Å²) in [5, 5.41) is 0. The smallest absolute Gasteiger partial charge is 0.240 e. The molecule has 2 aliphatic heterocycles. The number of benzene rings is 1. The number of rotatable bonds is 7. The van der Waals surface area contributed by atoms with Crippen molar-refractivity contribution in [2.45, 2.75) is 43.5 Å². The van der Waals surface area contributed by atoms with Crippen molar-refractivity contribution in [2.24, 2.45) is 0 Å². The van der Waals surface area contributed by atoms with Gasteiger partial charge in [0.25, 0.3) is 0 Å². The van der Waals surface area contributed by atoms with Gasteiger partial charge in [-0.2, -0.15) is 0 Å². The van der Waals surface area contributed by atoms with E-state index in [-0.39, 0.29) is 22.8 Å². The highest BCUT2D eigenvalue weighted by molar-refractivity contribution is 7.89. The second-order valence-electron chi connectivity index (χ2n) is 7.89. The Bertz CT molecular complexity index is 884. The maximum Gasteiger partial charge on any atom is 0.240 e. The third-order valence-electron chi connectivity index (χ3n) is 5.64. The van der Waals surface area contributed by atoms with Gasteiger partial charge in [0.1, 0.15) is 0 Å². The van der Waals surface area contributed by atoms with Crippen LogP contribution in [0.25, 0.3) is 0 Å². The molecule has 1 N–H and O–H groups in total. The maximum atomic E-state index is 12.6. The number of anilines is 1. The summed E-state index contributed by atoms with van der Waals surface area (Å²) >= 11 is 0. The first-order chi connectivity index (χ1) is 13.7. The van der Waals surface area contributed by atoms with E-state index in [1.165, 1.54) is 6.92 Å². The Kier molecular flexibility index (Phi) is 6.60. The lowest BCUT2D eigenvalue weighted by molar-refractivity contribution is -0.133. The van der Waals surface area contributed by atoms with Crippen molar-refractivity contribution in [1.29, 1.82) is 0 Å². The van der Waals surface area contributed by atoms with E-state index in [0.717, 1.165) is 30.6 Å². The number of carbonyl (C=O) groups excluding carboxylic acids is 2. The van der Waals surface area contributed by atoms with Gasteiger partial charge in [-0.05, 0) is 56.0 Å². The van der Waals surface area contributed by atoms with Crippen LogP contribution in [0, 0.1) is 0 Å². The molecule has 2 heterocycles. The van der Waals surface area contributed by atoms with Gasteiger partial charge in [-0.15, -0.1) is 0 Å². The molecule has 0 saturated carbocycles. The molecule has 0 bridgehead atoms. The molecule has 29 heavy (non-hydrogen) atoms. The zero-order valence-corrected chi connectivity index (χ0v) is 18.2. The highest BCUT2D eigenvalue weighted by Gasteiger charge is 2.31. The first-order valence-electron chi connectivity index (χ1n) is 10.1.